The minimum Gasteiger partial charge on any atom is -0.303 e. The van der Waals surface area contributed by atoms with E-state index in [4.69, 9.17) is 9.79 Å². The second-order valence-electron chi connectivity index (χ2n) is 1.81. The summed E-state index contributed by atoms with van der Waals surface area (Å²) in [6.45, 7) is 8.62. The quantitative estimate of drug-likeness (QED) is 0.407. The standard InChI is InChI=1S/C4H9O4P.C3H6/c1-2-3-4-8-9(5,6)7;1-3-2/h2H,1,3-4H2,(H2,5,6,7);3H,1H2,2H3. The molecule has 0 aliphatic heterocycles. The van der Waals surface area contributed by atoms with Gasteiger partial charge in [0.15, 0.2) is 0 Å². The lowest BCUT2D eigenvalue weighted by atomic mass is 10.5. The van der Waals surface area contributed by atoms with Crippen molar-refractivity contribution in [2.24, 2.45) is 0 Å². The van der Waals surface area contributed by atoms with Gasteiger partial charge in [-0.1, -0.05) is 12.2 Å². The molecular formula is C7H15O4P. The fourth-order valence-electron chi connectivity index (χ4n) is 0.255. The summed E-state index contributed by atoms with van der Waals surface area (Å²) >= 11 is 0. The molecule has 0 aliphatic carbocycles. The smallest absolute Gasteiger partial charge is 0.303 e. The van der Waals surface area contributed by atoms with Crippen LogP contribution in [0.1, 0.15) is 13.3 Å². The summed E-state index contributed by atoms with van der Waals surface area (Å²) in [5.74, 6) is 0. The van der Waals surface area contributed by atoms with E-state index in [0.29, 0.717) is 6.42 Å². The van der Waals surface area contributed by atoms with Crippen LogP contribution in [0.5, 0.6) is 0 Å². The Balaban J connectivity index is 0. The molecule has 0 rings (SSSR count). The lowest BCUT2D eigenvalue weighted by Gasteiger charge is -2.01. The van der Waals surface area contributed by atoms with E-state index in [9.17, 15) is 4.57 Å². The van der Waals surface area contributed by atoms with Crippen LogP contribution in [-0.2, 0) is 9.09 Å². The Morgan fingerprint density at radius 2 is 1.92 bits per heavy atom. The van der Waals surface area contributed by atoms with Gasteiger partial charge in [0.05, 0.1) is 6.61 Å². The topological polar surface area (TPSA) is 66.8 Å². The van der Waals surface area contributed by atoms with Gasteiger partial charge in [-0.3, -0.25) is 4.52 Å². The first-order valence-electron chi connectivity index (χ1n) is 3.36. The highest BCUT2D eigenvalue weighted by Gasteiger charge is 2.11. The number of rotatable bonds is 4. The van der Waals surface area contributed by atoms with Crippen molar-refractivity contribution in [2.75, 3.05) is 6.61 Å². The molecule has 0 aromatic rings. The average Bonchev–Trinajstić information content (AvgIpc) is 1.87. The Morgan fingerprint density at radius 1 is 1.50 bits per heavy atom. The minimum atomic E-state index is -4.24. The summed E-state index contributed by atoms with van der Waals surface area (Å²) in [6.07, 6.45) is 3.72. The average molecular weight is 194 g/mol. The van der Waals surface area contributed by atoms with Crippen LogP contribution in [0.15, 0.2) is 25.3 Å². The molecule has 0 radical (unpaired) electrons. The second-order valence-corrected chi connectivity index (χ2v) is 3.05. The van der Waals surface area contributed by atoms with Gasteiger partial charge < -0.3 is 9.79 Å². The molecule has 0 spiro atoms. The molecular weight excluding hydrogens is 179 g/mol. The lowest BCUT2D eigenvalue weighted by molar-refractivity contribution is 0.200. The van der Waals surface area contributed by atoms with Crippen LogP contribution in [0.4, 0.5) is 0 Å². The Hall–Kier alpha value is -0.410. The number of hydrogen-bond donors (Lipinski definition) is 2. The molecule has 72 valence electrons. The molecule has 2 N–H and O–H groups in total. The molecule has 0 unspecified atom stereocenters. The summed E-state index contributed by atoms with van der Waals surface area (Å²) in [5, 5.41) is 0. The van der Waals surface area contributed by atoms with Gasteiger partial charge >= 0.3 is 7.82 Å². The van der Waals surface area contributed by atoms with Crippen molar-refractivity contribution in [3.8, 4) is 0 Å². The third-order valence-electron chi connectivity index (χ3n) is 0.581. The lowest BCUT2D eigenvalue weighted by Crippen LogP contribution is -1.89. The molecule has 0 heterocycles. The summed E-state index contributed by atoms with van der Waals surface area (Å²) in [4.78, 5) is 16.2. The molecule has 0 bridgehead atoms. The third kappa shape index (κ3) is 22.6. The number of allylic oxidation sites excluding steroid dienone is 1. The Morgan fingerprint density at radius 3 is 2.17 bits per heavy atom. The van der Waals surface area contributed by atoms with E-state index in [1.54, 1.807) is 6.08 Å². The van der Waals surface area contributed by atoms with Crippen molar-refractivity contribution < 1.29 is 18.9 Å². The maximum absolute atomic E-state index is 9.94. The van der Waals surface area contributed by atoms with Crippen LogP contribution in [0.25, 0.3) is 0 Å². The third-order valence-corrected chi connectivity index (χ3v) is 1.10. The van der Waals surface area contributed by atoms with Crippen molar-refractivity contribution in [3.63, 3.8) is 0 Å². The predicted molar refractivity (Wildman–Crippen MR) is 48.7 cm³/mol. The van der Waals surface area contributed by atoms with E-state index < -0.39 is 7.82 Å². The van der Waals surface area contributed by atoms with Crippen molar-refractivity contribution in [1.82, 2.24) is 0 Å². The maximum Gasteiger partial charge on any atom is 0.469 e. The molecule has 0 saturated carbocycles. The minimum absolute atomic E-state index is 0.0216. The Labute approximate surface area is 72.8 Å². The first kappa shape index (κ1) is 14.1. The molecule has 4 nitrogen and oxygen atoms in total. The van der Waals surface area contributed by atoms with Gasteiger partial charge in [-0.2, -0.15) is 0 Å². The van der Waals surface area contributed by atoms with Crippen LogP contribution in [-0.4, -0.2) is 16.4 Å². The summed E-state index contributed by atoms with van der Waals surface area (Å²) in [6, 6.07) is 0. The van der Waals surface area contributed by atoms with E-state index in [1.807, 2.05) is 6.92 Å². The summed E-state index contributed by atoms with van der Waals surface area (Å²) in [5.41, 5.74) is 0. The normalized spacial score (nSPS) is 9.58. The highest BCUT2D eigenvalue weighted by Crippen LogP contribution is 2.35. The monoisotopic (exact) mass is 194 g/mol. The van der Waals surface area contributed by atoms with E-state index in [2.05, 4.69) is 17.7 Å². The van der Waals surface area contributed by atoms with Crippen molar-refractivity contribution in [1.29, 1.82) is 0 Å². The largest absolute Gasteiger partial charge is 0.469 e. The van der Waals surface area contributed by atoms with Crippen LogP contribution >= 0.6 is 7.82 Å². The molecule has 12 heavy (non-hydrogen) atoms. The second kappa shape index (κ2) is 8.68. The first-order chi connectivity index (χ1) is 5.47. The molecule has 0 aliphatic rings. The van der Waals surface area contributed by atoms with Gasteiger partial charge in [0, 0.05) is 0 Å². The predicted octanol–water partition coefficient (Wildman–Crippen LogP) is 1.86. The highest BCUT2D eigenvalue weighted by atomic mass is 31.2. The zero-order valence-corrected chi connectivity index (χ0v) is 8.04. The number of phosphoric ester groups is 1. The number of phosphoric acid groups is 1. The van der Waals surface area contributed by atoms with Gasteiger partial charge in [-0.25, -0.2) is 4.57 Å². The molecule has 0 aromatic carbocycles. The Kier molecular flexibility index (Phi) is 10.2. The molecule has 0 fully saturated rings. The fourth-order valence-corrected chi connectivity index (χ4v) is 0.598. The zero-order chi connectivity index (χ0) is 10.0. The van der Waals surface area contributed by atoms with Crippen LogP contribution < -0.4 is 0 Å². The van der Waals surface area contributed by atoms with Crippen LogP contribution in [0.3, 0.4) is 0 Å². The van der Waals surface area contributed by atoms with Gasteiger partial charge in [-0.15, -0.1) is 13.2 Å². The van der Waals surface area contributed by atoms with Gasteiger partial charge in [0.25, 0.3) is 0 Å². The molecule has 0 saturated heterocycles. The van der Waals surface area contributed by atoms with Crippen molar-refractivity contribution in [3.05, 3.63) is 25.3 Å². The van der Waals surface area contributed by atoms with Crippen molar-refractivity contribution in [2.45, 2.75) is 13.3 Å². The summed E-state index contributed by atoms with van der Waals surface area (Å²) in [7, 11) is -4.24. The highest BCUT2D eigenvalue weighted by molar-refractivity contribution is 7.46. The molecule has 5 heteroatoms. The van der Waals surface area contributed by atoms with Crippen LogP contribution in [0, 0.1) is 0 Å². The molecule has 0 amide bonds. The van der Waals surface area contributed by atoms with Gasteiger partial charge in [-0.05, 0) is 13.3 Å². The van der Waals surface area contributed by atoms with Crippen LogP contribution in [0.2, 0.25) is 0 Å². The first-order valence-corrected chi connectivity index (χ1v) is 4.89. The maximum atomic E-state index is 9.94. The van der Waals surface area contributed by atoms with E-state index in [-0.39, 0.29) is 6.61 Å². The van der Waals surface area contributed by atoms with Crippen molar-refractivity contribution >= 4 is 7.82 Å². The molecule has 0 atom stereocenters. The van der Waals surface area contributed by atoms with E-state index >= 15 is 0 Å². The van der Waals surface area contributed by atoms with E-state index in [1.165, 1.54) is 6.08 Å². The number of hydrogen-bond acceptors (Lipinski definition) is 2. The SMILES string of the molecule is C=CC.C=CCCOP(=O)(O)O. The zero-order valence-electron chi connectivity index (χ0n) is 7.14. The summed E-state index contributed by atoms with van der Waals surface area (Å²) < 4.78 is 14.0. The van der Waals surface area contributed by atoms with E-state index in [0.717, 1.165) is 0 Å². The molecule has 0 aromatic heterocycles. The van der Waals surface area contributed by atoms with Gasteiger partial charge in [0.1, 0.15) is 0 Å². The van der Waals surface area contributed by atoms with Gasteiger partial charge in [0.2, 0.25) is 0 Å². The fraction of sp³-hybridized carbons (Fsp3) is 0.429. The Bertz CT molecular complexity index is 161.